The molecule has 3 aromatic rings. The molecule has 0 radical (unpaired) electrons. The number of nitrogens with zero attached hydrogens (tertiary/aromatic N) is 6. The lowest BCUT2D eigenvalue weighted by Crippen LogP contribution is -2.43. The smallest absolute Gasteiger partial charge is 0.332 e. The van der Waals surface area contributed by atoms with Gasteiger partial charge in [0.05, 0.1) is 12.6 Å². The number of aryl methyl sites for hydroxylation is 2. The van der Waals surface area contributed by atoms with Gasteiger partial charge in [0.2, 0.25) is 5.78 Å². The van der Waals surface area contributed by atoms with Crippen LogP contribution in [0, 0.1) is 6.92 Å². The zero-order valence-corrected chi connectivity index (χ0v) is 17.8. The van der Waals surface area contributed by atoms with Crippen LogP contribution < -0.4 is 11.2 Å². The molecule has 3 aromatic heterocycles. The molecule has 0 bridgehead atoms. The summed E-state index contributed by atoms with van der Waals surface area (Å²) in [4.78, 5) is 33.3. The largest absolute Gasteiger partial charge is 0.376 e. The lowest BCUT2D eigenvalue weighted by molar-refractivity contribution is 0.0974. The Morgan fingerprint density at radius 2 is 1.90 bits per heavy atom. The molecule has 0 aromatic carbocycles. The van der Waals surface area contributed by atoms with E-state index in [1.165, 1.54) is 28.4 Å². The van der Waals surface area contributed by atoms with Gasteiger partial charge in [-0.3, -0.25) is 18.3 Å². The highest BCUT2D eigenvalue weighted by Crippen LogP contribution is 2.20. The summed E-state index contributed by atoms with van der Waals surface area (Å²) in [6.07, 6.45) is 7.87. The molecule has 1 atom stereocenters. The predicted octanol–water partition coefficient (Wildman–Crippen LogP) is 1.12. The Labute approximate surface area is 174 Å². The third-order valence-corrected chi connectivity index (χ3v) is 6.64. The number of piperidine rings is 1. The summed E-state index contributed by atoms with van der Waals surface area (Å²) in [7, 11) is 1.70. The minimum absolute atomic E-state index is 0.171. The summed E-state index contributed by atoms with van der Waals surface area (Å²) in [5.74, 6) is 0.693. The molecule has 30 heavy (non-hydrogen) atoms. The highest BCUT2D eigenvalue weighted by molar-refractivity contribution is 5.75. The number of likely N-dealkylation sites (tertiary alicyclic amines) is 1. The Balaban J connectivity index is 1.57. The number of ether oxygens (including phenoxy) is 1. The van der Waals surface area contributed by atoms with Crippen molar-refractivity contribution in [2.24, 2.45) is 7.05 Å². The molecule has 9 heteroatoms. The van der Waals surface area contributed by atoms with Gasteiger partial charge >= 0.3 is 5.69 Å². The molecule has 0 unspecified atom stereocenters. The van der Waals surface area contributed by atoms with Crippen molar-refractivity contribution in [3.63, 3.8) is 0 Å². The molecule has 162 valence electrons. The minimum Gasteiger partial charge on any atom is -0.376 e. The summed E-state index contributed by atoms with van der Waals surface area (Å²) in [5.41, 5.74) is 1.39. The molecule has 0 aliphatic carbocycles. The highest BCUT2D eigenvalue weighted by atomic mass is 16.5. The van der Waals surface area contributed by atoms with Crippen molar-refractivity contribution >= 4 is 16.9 Å². The quantitative estimate of drug-likeness (QED) is 0.625. The van der Waals surface area contributed by atoms with Gasteiger partial charge in [-0.2, -0.15) is 4.98 Å². The molecule has 2 saturated heterocycles. The molecule has 9 nitrogen and oxygen atoms in total. The van der Waals surface area contributed by atoms with Crippen molar-refractivity contribution < 1.29 is 4.74 Å². The van der Waals surface area contributed by atoms with E-state index < -0.39 is 0 Å². The Morgan fingerprint density at radius 1 is 1.10 bits per heavy atom. The van der Waals surface area contributed by atoms with Crippen molar-refractivity contribution in [3.8, 4) is 0 Å². The summed E-state index contributed by atoms with van der Waals surface area (Å²) in [5, 5.41) is 0. The third-order valence-electron chi connectivity index (χ3n) is 6.64. The lowest BCUT2D eigenvalue weighted by atomic mass is 10.1. The molecule has 0 amide bonds. The maximum Gasteiger partial charge on any atom is 0.332 e. The zero-order valence-electron chi connectivity index (χ0n) is 17.8. The van der Waals surface area contributed by atoms with Crippen LogP contribution in [0.5, 0.6) is 0 Å². The van der Waals surface area contributed by atoms with E-state index in [2.05, 4.69) is 9.47 Å². The first-order valence-electron chi connectivity index (χ1n) is 11.1. The van der Waals surface area contributed by atoms with Crippen molar-refractivity contribution in [2.45, 2.75) is 58.2 Å². The first-order chi connectivity index (χ1) is 14.5. The Kier molecular flexibility index (Phi) is 5.02. The fraction of sp³-hybridized carbons (Fsp3) is 0.667. The van der Waals surface area contributed by atoms with Gasteiger partial charge in [0.25, 0.3) is 5.56 Å². The van der Waals surface area contributed by atoms with Crippen LogP contribution in [0.2, 0.25) is 0 Å². The van der Waals surface area contributed by atoms with Crippen LogP contribution in [0.15, 0.2) is 15.8 Å². The summed E-state index contributed by atoms with van der Waals surface area (Å²) >= 11 is 0. The molecule has 0 spiro atoms. The zero-order chi connectivity index (χ0) is 20.8. The number of hydrogen-bond acceptors (Lipinski definition) is 5. The summed E-state index contributed by atoms with van der Waals surface area (Å²) in [6, 6.07) is 0. The first kappa shape index (κ1) is 19.6. The van der Waals surface area contributed by atoms with E-state index in [4.69, 9.17) is 9.72 Å². The van der Waals surface area contributed by atoms with Gasteiger partial charge in [0.15, 0.2) is 11.2 Å². The topological polar surface area (TPSA) is 78.7 Å². The Hall–Kier alpha value is -2.39. The Bertz CT molecular complexity index is 1190. The summed E-state index contributed by atoms with van der Waals surface area (Å²) < 4.78 is 12.6. The number of rotatable bonds is 5. The predicted molar refractivity (Wildman–Crippen MR) is 114 cm³/mol. The number of fused-ring (bicyclic) bond motifs is 3. The van der Waals surface area contributed by atoms with E-state index in [9.17, 15) is 9.59 Å². The average molecular weight is 415 g/mol. The Morgan fingerprint density at radius 3 is 2.63 bits per heavy atom. The number of imidazole rings is 2. The van der Waals surface area contributed by atoms with Crippen molar-refractivity contribution in [1.82, 2.24) is 28.0 Å². The van der Waals surface area contributed by atoms with Gasteiger partial charge in [0, 0.05) is 38.6 Å². The van der Waals surface area contributed by atoms with Crippen molar-refractivity contribution in [3.05, 3.63) is 32.7 Å². The second kappa shape index (κ2) is 7.70. The molecule has 2 aliphatic rings. The average Bonchev–Trinajstić information content (AvgIpc) is 3.45. The van der Waals surface area contributed by atoms with E-state index in [0.29, 0.717) is 30.0 Å². The van der Waals surface area contributed by atoms with Crippen molar-refractivity contribution in [1.29, 1.82) is 0 Å². The number of aromatic nitrogens is 5. The van der Waals surface area contributed by atoms with E-state index in [-0.39, 0.29) is 17.4 Å². The highest BCUT2D eigenvalue weighted by Gasteiger charge is 2.23. The van der Waals surface area contributed by atoms with Crippen LogP contribution in [0.1, 0.15) is 37.8 Å². The van der Waals surface area contributed by atoms with Crippen LogP contribution in [0.25, 0.3) is 16.9 Å². The maximum absolute atomic E-state index is 13.4. The summed E-state index contributed by atoms with van der Waals surface area (Å²) in [6.45, 7) is 6.74. The van der Waals surface area contributed by atoms with Crippen LogP contribution in [-0.4, -0.2) is 60.3 Å². The SMILES string of the molecule is Cc1cn2c3c(=O)n(CCN4CCCCC4)c(=O)n(C)c3nc2n1C[C@H]1CCCO1. The molecule has 5 heterocycles. The van der Waals surface area contributed by atoms with Gasteiger partial charge < -0.3 is 14.2 Å². The normalized spacial score (nSPS) is 20.7. The van der Waals surface area contributed by atoms with Gasteiger partial charge in [-0.05, 0) is 45.7 Å². The van der Waals surface area contributed by atoms with E-state index in [0.717, 1.165) is 44.8 Å². The molecule has 5 rings (SSSR count). The molecule has 2 aliphatic heterocycles. The standard InChI is InChI=1S/C21H30N6O3/c1-15-13-27-17-18(22-20(27)26(15)14-16-7-6-12-30-16)23(2)21(29)25(19(17)28)11-10-24-8-4-3-5-9-24/h13,16H,3-12,14H2,1-2H3/t16-/m1/s1. The first-order valence-corrected chi connectivity index (χ1v) is 11.1. The molecule has 0 N–H and O–H groups in total. The van der Waals surface area contributed by atoms with Crippen LogP contribution in [-0.2, 0) is 24.9 Å². The van der Waals surface area contributed by atoms with E-state index >= 15 is 0 Å². The van der Waals surface area contributed by atoms with E-state index in [1.807, 2.05) is 17.5 Å². The second-order valence-corrected chi connectivity index (χ2v) is 8.67. The van der Waals surface area contributed by atoms with Crippen LogP contribution in [0.4, 0.5) is 0 Å². The van der Waals surface area contributed by atoms with Gasteiger partial charge in [-0.1, -0.05) is 6.42 Å². The van der Waals surface area contributed by atoms with Gasteiger partial charge in [-0.25, -0.2) is 4.79 Å². The lowest BCUT2D eigenvalue weighted by Gasteiger charge is -2.26. The van der Waals surface area contributed by atoms with Crippen molar-refractivity contribution in [2.75, 3.05) is 26.2 Å². The monoisotopic (exact) mass is 414 g/mol. The van der Waals surface area contributed by atoms with E-state index in [1.54, 1.807) is 7.05 Å². The van der Waals surface area contributed by atoms with Crippen LogP contribution >= 0.6 is 0 Å². The van der Waals surface area contributed by atoms with Gasteiger partial charge in [-0.15, -0.1) is 0 Å². The molecule has 0 saturated carbocycles. The third kappa shape index (κ3) is 3.20. The molecule has 2 fully saturated rings. The van der Waals surface area contributed by atoms with Gasteiger partial charge in [0.1, 0.15) is 0 Å². The molecular formula is C21H30N6O3. The maximum atomic E-state index is 13.4. The van der Waals surface area contributed by atoms with Crippen LogP contribution in [0.3, 0.4) is 0 Å². The second-order valence-electron chi connectivity index (χ2n) is 8.67. The molecular weight excluding hydrogens is 384 g/mol. The fourth-order valence-corrected chi connectivity index (χ4v) is 4.89. The fourth-order valence-electron chi connectivity index (χ4n) is 4.89. The number of hydrogen-bond donors (Lipinski definition) is 0. The minimum atomic E-state index is -0.298.